The van der Waals surface area contributed by atoms with Crippen LogP contribution in [0.3, 0.4) is 0 Å². The van der Waals surface area contributed by atoms with Gasteiger partial charge in [-0.15, -0.1) is 0 Å². The summed E-state index contributed by atoms with van der Waals surface area (Å²) in [4.78, 5) is 29.2. The predicted molar refractivity (Wildman–Crippen MR) is 170 cm³/mol. The number of halogens is 1. The fourth-order valence-electron chi connectivity index (χ4n) is 4.40. The summed E-state index contributed by atoms with van der Waals surface area (Å²) < 4.78 is 5.69. The second-order valence-corrected chi connectivity index (χ2v) is 10.2. The van der Waals surface area contributed by atoms with Crippen molar-refractivity contribution in [3.8, 4) is 11.5 Å². The lowest BCUT2D eigenvalue weighted by Crippen LogP contribution is -2.48. The van der Waals surface area contributed by atoms with Gasteiger partial charge >= 0.3 is 0 Å². The Balaban J connectivity index is 1.21. The Labute approximate surface area is 253 Å². The van der Waals surface area contributed by atoms with Gasteiger partial charge in [-0.1, -0.05) is 78.4 Å². The average Bonchev–Trinajstić information content (AvgIpc) is 3.43. The molecule has 0 saturated heterocycles. The Bertz CT molecular complexity index is 1760. The highest BCUT2D eigenvalue weighted by molar-refractivity contribution is 6.30. The molecule has 1 atom stereocenters. The minimum Gasteiger partial charge on any atom is -0.507 e. The van der Waals surface area contributed by atoms with E-state index in [0.717, 1.165) is 27.6 Å². The van der Waals surface area contributed by atoms with Crippen LogP contribution in [0, 0.1) is 0 Å². The zero-order valence-electron chi connectivity index (χ0n) is 23.0. The number of carbonyl (C=O) groups is 2. The molecule has 0 saturated carbocycles. The molecule has 0 fully saturated rings. The third-order valence-corrected chi connectivity index (χ3v) is 6.91. The van der Waals surface area contributed by atoms with Crippen LogP contribution < -0.4 is 15.5 Å². The minimum atomic E-state index is -0.933. The van der Waals surface area contributed by atoms with Crippen molar-refractivity contribution in [3.05, 3.63) is 131 Å². The maximum Gasteiger partial charge on any atom is 0.262 e. The van der Waals surface area contributed by atoms with Crippen molar-refractivity contribution < 1.29 is 19.4 Å². The first kappa shape index (κ1) is 29.2. The van der Waals surface area contributed by atoms with Gasteiger partial charge in [0.2, 0.25) is 0 Å². The molecule has 2 amide bonds. The number of amides is 2. The zero-order valence-corrected chi connectivity index (χ0v) is 23.8. The largest absolute Gasteiger partial charge is 0.507 e. The molecule has 0 aliphatic carbocycles. The van der Waals surface area contributed by atoms with E-state index in [1.807, 2.05) is 79.0 Å². The number of hydrogen-bond acceptors (Lipinski definition) is 5. The van der Waals surface area contributed by atoms with Crippen LogP contribution in [-0.4, -0.2) is 40.8 Å². The molecule has 8 nitrogen and oxygen atoms in total. The van der Waals surface area contributed by atoms with Gasteiger partial charge in [0.25, 0.3) is 11.8 Å². The number of carbonyl (C=O) groups excluding carboxylic acids is 2. The molecule has 216 valence electrons. The first-order valence-electron chi connectivity index (χ1n) is 13.6. The first-order chi connectivity index (χ1) is 20.9. The molecule has 43 heavy (non-hydrogen) atoms. The number of para-hydroxylation sites is 2. The van der Waals surface area contributed by atoms with Gasteiger partial charge in [0.1, 0.15) is 17.5 Å². The second-order valence-electron chi connectivity index (χ2n) is 9.72. The smallest absolute Gasteiger partial charge is 0.262 e. The molecule has 1 heterocycles. The Morgan fingerprint density at radius 3 is 2.33 bits per heavy atom. The molecule has 0 aliphatic rings. The number of aromatic hydroxyl groups is 1. The van der Waals surface area contributed by atoms with E-state index in [0.29, 0.717) is 16.3 Å². The van der Waals surface area contributed by atoms with Crippen molar-refractivity contribution in [1.29, 1.82) is 0 Å². The average molecular weight is 593 g/mol. The lowest BCUT2D eigenvalue weighted by atomic mass is 10.0. The summed E-state index contributed by atoms with van der Waals surface area (Å²) in [5.74, 6) is -0.422. The standard InChI is InChI=1S/C34H29ClN4O4/c35-27-15-11-23(12-16-27)9-10-24-13-17-28(18-14-24)43-22-33(41)38-31(19-26-20-36-30-7-3-2-6-29(26)30)34(42)39-37-21-25-5-1-4-8-32(25)40/h1-18,20-21,31,36,40H,19,22H2,(H,38,41)(H,39,42)/b10-9+,37-21+/t31-/m0/s1. The molecule has 0 unspecified atom stereocenters. The molecule has 0 aliphatic heterocycles. The van der Waals surface area contributed by atoms with Gasteiger partial charge < -0.3 is 20.1 Å². The van der Waals surface area contributed by atoms with Crippen LogP contribution in [0.4, 0.5) is 0 Å². The maximum absolute atomic E-state index is 13.1. The van der Waals surface area contributed by atoms with Crippen LogP contribution in [-0.2, 0) is 16.0 Å². The lowest BCUT2D eigenvalue weighted by molar-refractivity contribution is -0.130. The molecule has 0 bridgehead atoms. The summed E-state index contributed by atoms with van der Waals surface area (Å²) in [7, 11) is 0. The van der Waals surface area contributed by atoms with E-state index in [-0.39, 0.29) is 18.8 Å². The number of H-pyrrole nitrogens is 1. The topological polar surface area (TPSA) is 116 Å². The summed E-state index contributed by atoms with van der Waals surface area (Å²) in [6, 6.07) is 28.3. The van der Waals surface area contributed by atoms with Crippen molar-refractivity contribution >= 4 is 52.7 Å². The number of fused-ring (bicyclic) bond motifs is 1. The number of phenols is 1. The Morgan fingerprint density at radius 2 is 1.58 bits per heavy atom. The van der Waals surface area contributed by atoms with Crippen molar-refractivity contribution in [2.45, 2.75) is 12.5 Å². The monoisotopic (exact) mass is 592 g/mol. The Kier molecular flexibility index (Phi) is 9.51. The fourth-order valence-corrected chi connectivity index (χ4v) is 4.52. The summed E-state index contributed by atoms with van der Waals surface area (Å²) in [5.41, 5.74) is 6.70. The molecule has 0 spiro atoms. The first-order valence-corrected chi connectivity index (χ1v) is 13.9. The van der Waals surface area contributed by atoms with E-state index in [1.165, 1.54) is 12.3 Å². The number of ether oxygens (including phenoxy) is 1. The number of nitrogens with one attached hydrogen (secondary N) is 3. The van der Waals surface area contributed by atoms with Crippen molar-refractivity contribution in [2.24, 2.45) is 5.10 Å². The summed E-state index contributed by atoms with van der Waals surface area (Å²) in [6.07, 6.45) is 7.33. The van der Waals surface area contributed by atoms with Crippen LogP contribution in [0.2, 0.25) is 5.02 Å². The van der Waals surface area contributed by atoms with Crippen LogP contribution in [0.1, 0.15) is 22.3 Å². The summed E-state index contributed by atoms with van der Waals surface area (Å²) in [6.45, 7) is -0.279. The lowest BCUT2D eigenvalue weighted by Gasteiger charge is -2.17. The van der Waals surface area contributed by atoms with Gasteiger partial charge in [-0.3, -0.25) is 9.59 Å². The van der Waals surface area contributed by atoms with E-state index in [1.54, 1.807) is 30.3 Å². The summed E-state index contributed by atoms with van der Waals surface area (Å²) in [5, 5.41) is 18.3. The van der Waals surface area contributed by atoms with Crippen LogP contribution >= 0.6 is 11.6 Å². The van der Waals surface area contributed by atoms with E-state index >= 15 is 0 Å². The number of nitrogens with zero attached hydrogens (tertiary/aromatic N) is 1. The Hall–Kier alpha value is -5.34. The summed E-state index contributed by atoms with van der Waals surface area (Å²) >= 11 is 5.94. The number of benzene rings is 4. The minimum absolute atomic E-state index is 0.0342. The molecule has 4 N–H and O–H groups in total. The maximum atomic E-state index is 13.1. The van der Waals surface area contributed by atoms with Crippen LogP contribution in [0.5, 0.6) is 11.5 Å². The molecular formula is C34H29ClN4O4. The second kappa shape index (κ2) is 14.0. The number of aromatic amines is 1. The van der Waals surface area contributed by atoms with E-state index in [9.17, 15) is 14.7 Å². The number of phenolic OH excluding ortho intramolecular Hbond substituents is 1. The third kappa shape index (κ3) is 8.12. The van der Waals surface area contributed by atoms with Gasteiger partial charge in [-0.25, -0.2) is 5.43 Å². The van der Waals surface area contributed by atoms with Gasteiger partial charge in [0, 0.05) is 34.1 Å². The number of aromatic nitrogens is 1. The number of rotatable bonds is 11. The molecule has 5 rings (SSSR count). The predicted octanol–water partition coefficient (Wildman–Crippen LogP) is 5.95. The van der Waals surface area contributed by atoms with E-state index in [4.69, 9.17) is 16.3 Å². The highest BCUT2D eigenvalue weighted by Crippen LogP contribution is 2.20. The fraction of sp³-hybridized carbons (Fsp3) is 0.0882. The normalized spacial score (nSPS) is 12.0. The van der Waals surface area contributed by atoms with E-state index < -0.39 is 17.9 Å². The SMILES string of the molecule is O=C(COc1ccc(/C=C/c2ccc(Cl)cc2)cc1)N[C@@H](Cc1c[nH]c2ccccc12)C(=O)N/N=C/c1ccccc1O. The zero-order chi connectivity index (χ0) is 30.0. The van der Waals surface area contributed by atoms with Crippen molar-refractivity contribution in [1.82, 2.24) is 15.7 Å². The van der Waals surface area contributed by atoms with Gasteiger partial charge in [0.05, 0.1) is 6.21 Å². The van der Waals surface area contributed by atoms with Gasteiger partial charge in [0.15, 0.2) is 6.61 Å². The van der Waals surface area contributed by atoms with Gasteiger partial charge in [-0.05, 0) is 59.2 Å². The molecular weight excluding hydrogens is 564 g/mol. The van der Waals surface area contributed by atoms with Gasteiger partial charge in [-0.2, -0.15) is 5.10 Å². The van der Waals surface area contributed by atoms with Crippen molar-refractivity contribution in [2.75, 3.05) is 6.61 Å². The molecule has 9 heteroatoms. The number of hydrogen-bond donors (Lipinski definition) is 4. The van der Waals surface area contributed by atoms with E-state index in [2.05, 4.69) is 20.8 Å². The molecule has 1 aromatic heterocycles. The Morgan fingerprint density at radius 1 is 0.907 bits per heavy atom. The third-order valence-electron chi connectivity index (χ3n) is 6.65. The molecule has 4 aromatic carbocycles. The highest BCUT2D eigenvalue weighted by atomic mass is 35.5. The number of hydrazone groups is 1. The van der Waals surface area contributed by atoms with Crippen LogP contribution in [0.15, 0.2) is 108 Å². The molecule has 5 aromatic rings. The highest BCUT2D eigenvalue weighted by Gasteiger charge is 2.23. The molecule has 0 radical (unpaired) electrons. The van der Waals surface area contributed by atoms with Crippen molar-refractivity contribution in [3.63, 3.8) is 0 Å². The van der Waals surface area contributed by atoms with Crippen LogP contribution in [0.25, 0.3) is 23.1 Å². The quantitative estimate of drug-likeness (QED) is 0.0861.